The van der Waals surface area contributed by atoms with Gasteiger partial charge in [-0.2, -0.15) is 0 Å². The highest BCUT2D eigenvalue weighted by Crippen LogP contribution is 2.28. The number of thiophene rings is 1. The van der Waals surface area contributed by atoms with E-state index in [1.54, 1.807) is 0 Å². The minimum absolute atomic E-state index is 0.530. The molecule has 2 rings (SSSR count). The number of hydrogen-bond acceptors (Lipinski definition) is 4. The highest BCUT2D eigenvalue weighted by Gasteiger charge is 2.08. The Morgan fingerprint density at radius 2 is 2.07 bits per heavy atom. The van der Waals surface area contributed by atoms with Crippen LogP contribution in [0.1, 0.15) is 11.3 Å². The summed E-state index contributed by atoms with van der Waals surface area (Å²) >= 11 is 7.36. The predicted octanol–water partition coefficient (Wildman–Crippen LogP) is 3.06. The fourth-order valence-electron chi connectivity index (χ4n) is 1.19. The standard InChI is InChI=1S/C10H10ClN3S/c1-5-6(2)13-10(14-9(5)12)8-3-7(11)4-15-8/h3-4H,1-2H3,(H2,12,13,14). The van der Waals surface area contributed by atoms with Gasteiger partial charge in [-0.1, -0.05) is 11.6 Å². The topological polar surface area (TPSA) is 51.8 Å². The second kappa shape index (κ2) is 3.79. The molecule has 0 aliphatic carbocycles. The summed E-state index contributed by atoms with van der Waals surface area (Å²) in [5.41, 5.74) is 7.62. The van der Waals surface area contributed by atoms with Crippen molar-refractivity contribution in [1.29, 1.82) is 0 Å². The van der Waals surface area contributed by atoms with Crippen LogP contribution in [0.5, 0.6) is 0 Å². The van der Waals surface area contributed by atoms with E-state index in [9.17, 15) is 0 Å². The number of nitrogen functional groups attached to an aromatic ring is 1. The van der Waals surface area contributed by atoms with Crippen LogP contribution in [0.2, 0.25) is 5.02 Å². The van der Waals surface area contributed by atoms with Gasteiger partial charge in [-0.15, -0.1) is 11.3 Å². The first-order valence-corrected chi connectivity index (χ1v) is 5.69. The highest BCUT2D eigenvalue weighted by atomic mass is 35.5. The number of nitrogens with two attached hydrogens (primary N) is 1. The van der Waals surface area contributed by atoms with E-state index in [4.69, 9.17) is 17.3 Å². The number of rotatable bonds is 1. The summed E-state index contributed by atoms with van der Waals surface area (Å²) in [7, 11) is 0. The lowest BCUT2D eigenvalue weighted by atomic mass is 10.2. The fraction of sp³-hybridized carbons (Fsp3) is 0.200. The number of aryl methyl sites for hydroxylation is 1. The zero-order chi connectivity index (χ0) is 11.0. The average Bonchev–Trinajstić information content (AvgIpc) is 2.60. The molecule has 0 unspecified atom stereocenters. The summed E-state index contributed by atoms with van der Waals surface area (Å²) in [6.45, 7) is 3.84. The van der Waals surface area contributed by atoms with Gasteiger partial charge in [0.25, 0.3) is 0 Å². The number of hydrogen-bond donors (Lipinski definition) is 1. The van der Waals surface area contributed by atoms with Gasteiger partial charge in [-0.3, -0.25) is 0 Å². The average molecular weight is 240 g/mol. The number of nitrogens with zero attached hydrogens (tertiary/aromatic N) is 2. The second-order valence-corrected chi connectivity index (χ2v) is 4.62. The lowest BCUT2D eigenvalue weighted by Gasteiger charge is -2.04. The molecule has 3 nitrogen and oxygen atoms in total. The van der Waals surface area contributed by atoms with Crippen molar-refractivity contribution < 1.29 is 0 Å². The molecule has 0 atom stereocenters. The van der Waals surface area contributed by atoms with Crippen LogP contribution in [0.3, 0.4) is 0 Å². The SMILES string of the molecule is Cc1nc(-c2cc(Cl)cs2)nc(N)c1C. The van der Waals surface area contributed by atoms with E-state index < -0.39 is 0 Å². The predicted molar refractivity (Wildman–Crippen MR) is 64.2 cm³/mol. The van der Waals surface area contributed by atoms with E-state index >= 15 is 0 Å². The van der Waals surface area contributed by atoms with Gasteiger partial charge >= 0.3 is 0 Å². The van der Waals surface area contributed by atoms with Crippen molar-refractivity contribution in [3.63, 3.8) is 0 Å². The smallest absolute Gasteiger partial charge is 0.171 e. The molecule has 2 aromatic heterocycles. The molecule has 0 aromatic carbocycles. The van der Waals surface area contributed by atoms with Gasteiger partial charge in [0, 0.05) is 16.6 Å². The van der Waals surface area contributed by atoms with E-state index in [0.717, 1.165) is 16.1 Å². The maximum absolute atomic E-state index is 5.84. The van der Waals surface area contributed by atoms with Gasteiger partial charge in [0.15, 0.2) is 5.82 Å². The quantitative estimate of drug-likeness (QED) is 0.832. The maximum Gasteiger partial charge on any atom is 0.171 e. The van der Waals surface area contributed by atoms with E-state index in [1.165, 1.54) is 11.3 Å². The zero-order valence-corrected chi connectivity index (χ0v) is 9.99. The molecule has 2 aromatic rings. The first-order valence-electron chi connectivity index (χ1n) is 4.43. The van der Waals surface area contributed by atoms with Crippen molar-refractivity contribution in [2.24, 2.45) is 0 Å². The molecule has 0 radical (unpaired) electrons. The van der Waals surface area contributed by atoms with Crippen molar-refractivity contribution in [3.05, 3.63) is 27.7 Å². The molecule has 2 N–H and O–H groups in total. The van der Waals surface area contributed by atoms with Crippen molar-refractivity contribution >= 4 is 28.8 Å². The van der Waals surface area contributed by atoms with Gasteiger partial charge in [-0.25, -0.2) is 9.97 Å². The molecular formula is C10H10ClN3S. The van der Waals surface area contributed by atoms with Gasteiger partial charge in [0.05, 0.1) is 9.90 Å². The minimum atomic E-state index is 0.530. The van der Waals surface area contributed by atoms with Crippen LogP contribution in [-0.4, -0.2) is 9.97 Å². The van der Waals surface area contributed by atoms with Gasteiger partial charge in [0.1, 0.15) is 5.82 Å². The van der Waals surface area contributed by atoms with Crippen molar-refractivity contribution in [2.45, 2.75) is 13.8 Å². The maximum atomic E-state index is 5.84. The summed E-state index contributed by atoms with van der Waals surface area (Å²) < 4.78 is 0. The summed E-state index contributed by atoms with van der Waals surface area (Å²) in [5, 5.41) is 2.56. The Morgan fingerprint density at radius 1 is 1.33 bits per heavy atom. The van der Waals surface area contributed by atoms with Gasteiger partial charge in [-0.05, 0) is 19.9 Å². The second-order valence-electron chi connectivity index (χ2n) is 3.27. The van der Waals surface area contributed by atoms with Crippen LogP contribution in [-0.2, 0) is 0 Å². The molecule has 0 saturated carbocycles. The van der Waals surface area contributed by atoms with Gasteiger partial charge < -0.3 is 5.73 Å². The lowest BCUT2D eigenvalue weighted by Crippen LogP contribution is -2.01. The normalized spacial score (nSPS) is 10.6. The Bertz CT molecular complexity index is 484. The Labute approximate surface area is 96.9 Å². The van der Waals surface area contributed by atoms with E-state index in [1.807, 2.05) is 25.3 Å². The molecular weight excluding hydrogens is 230 g/mol. The van der Waals surface area contributed by atoms with Gasteiger partial charge in [0.2, 0.25) is 0 Å². The van der Waals surface area contributed by atoms with Crippen molar-refractivity contribution in [1.82, 2.24) is 9.97 Å². The Kier molecular flexibility index (Phi) is 2.63. The fourth-order valence-corrected chi connectivity index (χ4v) is 2.20. The van der Waals surface area contributed by atoms with Crippen LogP contribution in [0.15, 0.2) is 11.4 Å². The molecule has 2 heterocycles. The molecule has 15 heavy (non-hydrogen) atoms. The summed E-state index contributed by atoms with van der Waals surface area (Å²) in [6.07, 6.45) is 0. The number of anilines is 1. The third-order valence-corrected chi connectivity index (χ3v) is 3.49. The first kappa shape index (κ1) is 10.4. The van der Waals surface area contributed by atoms with Crippen molar-refractivity contribution in [2.75, 3.05) is 5.73 Å². The van der Waals surface area contributed by atoms with Crippen LogP contribution in [0.4, 0.5) is 5.82 Å². The summed E-state index contributed by atoms with van der Waals surface area (Å²) in [4.78, 5) is 9.55. The van der Waals surface area contributed by atoms with Crippen LogP contribution >= 0.6 is 22.9 Å². The summed E-state index contributed by atoms with van der Waals surface area (Å²) in [6, 6.07) is 1.84. The number of halogens is 1. The van der Waals surface area contributed by atoms with Crippen LogP contribution in [0, 0.1) is 13.8 Å². The molecule has 0 spiro atoms. The van der Waals surface area contributed by atoms with Crippen LogP contribution in [0.25, 0.3) is 10.7 Å². The zero-order valence-electron chi connectivity index (χ0n) is 8.41. The van der Waals surface area contributed by atoms with E-state index in [-0.39, 0.29) is 0 Å². The molecule has 0 bridgehead atoms. The Hall–Kier alpha value is -1.13. The van der Waals surface area contributed by atoms with Crippen molar-refractivity contribution in [3.8, 4) is 10.7 Å². The molecule has 78 valence electrons. The Morgan fingerprint density at radius 3 is 2.60 bits per heavy atom. The van der Waals surface area contributed by atoms with Crippen LogP contribution < -0.4 is 5.73 Å². The van der Waals surface area contributed by atoms with E-state index in [0.29, 0.717) is 16.7 Å². The monoisotopic (exact) mass is 239 g/mol. The third-order valence-electron chi connectivity index (χ3n) is 2.21. The lowest BCUT2D eigenvalue weighted by molar-refractivity contribution is 1.08. The van der Waals surface area contributed by atoms with E-state index in [2.05, 4.69) is 9.97 Å². The third kappa shape index (κ3) is 1.96. The molecule has 0 aliphatic rings. The molecule has 0 amide bonds. The molecule has 0 aliphatic heterocycles. The minimum Gasteiger partial charge on any atom is -0.383 e. The molecule has 5 heteroatoms. The number of aromatic nitrogens is 2. The molecule has 0 saturated heterocycles. The highest BCUT2D eigenvalue weighted by molar-refractivity contribution is 7.14. The molecule has 0 fully saturated rings. The summed E-state index contributed by atoms with van der Waals surface area (Å²) in [5.74, 6) is 1.18. The largest absolute Gasteiger partial charge is 0.383 e. The Balaban J connectivity index is 2.55. The first-order chi connectivity index (χ1) is 7.08.